The maximum atomic E-state index is 13.4. The molecule has 1 amide bonds. The van der Waals surface area contributed by atoms with E-state index in [1.165, 1.54) is 51.6 Å². The second kappa shape index (κ2) is 4.53. The molecule has 4 aliphatic carbocycles. The fourth-order valence-corrected chi connectivity index (χ4v) is 8.15. The van der Waals surface area contributed by atoms with Crippen LogP contribution in [0.2, 0.25) is 0 Å². The van der Waals surface area contributed by atoms with E-state index in [1.807, 2.05) is 0 Å². The van der Waals surface area contributed by atoms with Gasteiger partial charge in [0, 0.05) is 12.6 Å². The fraction of sp³-hybridized carbons (Fsp3) is 0.950. The van der Waals surface area contributed by atoms with Gasteiger partial charge >= 0.3 is 0 Å². The van der Waals surface area contributed by atoms with Crippen LogP contribution in [0.5, 0.6) is 0 Å². The Morgan fingerprint density at radius 2 is 1.65 bits per heavy atom. The Morgan fingerprint density at radius 3 is 2.17 bits per heavy atom. The molecule has 2 unspecified atom stereocenters. The van der Waals surface area contributed by atoms with Crippen LogP contribution in [0.1, 0.15) is 65.2 Å². The van der Waals surface area contributed by atoms with E-state index in [-0.39, 0.29) is 5.41 Å². The molecule has 4 saturated carbocycles. The Hall–Kier alpha value is -0.570. The first-order valence-electron chi connectivity index (χ1n) is 9.91. The third kappa shape index (κ3) is 2.22. The lowest BCUT2D eigenvalue weighted by atomic mass is 9.40. The van der Waals surface area contributed by atoms with Gasteiger partial charge in [0.2, 0.25) is 5.91 Å². The molecule has 3 nitrogen and oxygen atoms in total. The molecule has 128 valence electrons. The number of nitrogens with one attached hydrogen (secondary N) is 1. The predicted octanol–water partition coefficient (Wildman–Crippen LogP) is 3.19. The van der Waals surface area contributed by atoms with Gasteiger partial charge in [0.15, 0.2) is 0 Å². The Morgan fingerprint density at radius 1 is 1.00 bits per heavy atom. The highest BCUT2D eigenvalue weighted by atomic mass is 16.2. The molecule has 23 heavy (non-hydrogen) atoms. The topological polar surface area (TPSA) is 32.3 Å². The molecule has 7 fully saturated rings. The van der Waals surface area contributed by atoms with Crippen LogP contribution in [0.3, 0.4) is 0 Å². The highest BCUT2D eigenvalue weighted by Gasteiger charge is 2.62. The van der Waals surface area contributed by atoms with Gasteiger partial charge in [0.1, 0.15) is 0 Å². The maximum Gasteiger partial charge on any atom is 0.226 e. The lowest BCUT2D eigenvalue weighted by Gasteiger charge is -2.64. The van der Waals surface area contributed by atoms with E-state index in [2.05, 4.69) is 24.1 Å². The molecular formula is C20H32N2O. The van der Waals surface area contributed by atoms with Crippen LogP contribution >= 0.6 is 0 Å². The summed E-state index contributed by atoms with van der Waals surface area (Å²) in [6.45, 7) is 8.53. The number of piperidine rings is 3. The lowest BCUT2D eigenvalue weighted by Crippen LogP contribution is -2.63. The van der Waals surface area contributed by atoms with Crippen molar-refractivity contribution in [1.29, 1.82) is 0 Å². The molecule has 3 heterocycles. The van der Waals surface area contributed by atoms with Crippen molar-refractivity contribution in [2.45, 2.75) is 71.3 Å². The van der Waals surface area contributed by atoms with Crippen molar-refractivity contribution in [1.82, 2.24) is 10.2 Å². The summed E-state index contributed by atoms with van der Waals surface area (Å²) in [4.78, 5) is 15.9. The molecule has 0 aromatic heterocycles. The molecular weight excluding hydrogens is 284 g/mol. The van der Waals surface area contributed by atoms with E-state index in [1.54, 1.807) is 0 Å². The van der Waals surface area contributed by atoms with Gasteiger partial charge in [0.05, 0.1) is 5.41 Å². The van der Waals surface area contributed by atoms with Crippen molar-refractivity contribution in [3.63, 3.8) is 0 Å². The molecule has 0 aromatic carbocycles. The van der Waals surface area contributed by atoms with Gasteiger partial charge < -0.3 is 10.2 Å². The number of carbonyl (C=O) groups is 1. The number of hydrogen-bond donors (Lipinski definition) is 1. The summed E-state index contributed by atoms with van der Waals surface area (Å²) in [5, 5.41) is 3.56. The molecule has 3 saturated heterocycles. The second-order valence-corrected chi connectivity index (χ2v) is 10.6. The average Bonchev–Trinajstić information content (AvgIpc) is 2.44. The molecule has 0 spiro atoms. The Kier molecular flexibility index (Phi) is 2.91. The standard InChI is InChI=1S/C20H32N2O/c1-18-7-14-8-19(2,11-18)13-20(9-14,12-18)17(23)21-16-10-22-5-3-15(16)4-6-22/h14-16H,3-13H2,1-2H3,(H,21,23)/t14?,16-,18-,19+,20?/m1/s1. The molecule has 0 radical (unpaired) electrons. The smallest absolute Gasteiger partial charge is 0.226 e. The summed E-state index contributed by atoms with van der Waals surface area (Å²) >= 11 is 0. The number of rotatable bonds is 2. The number of amides is 1. The van der Waals surface area contributed by atoms with Crippen molar-refractivity contribution in [3.05, 3.63) is 0 Å². The first kappa shape index (κ1) is 14.7. The summed E-state index contributed by atoms with van der Waals surface area (Å²) in [6, 6.07) is 0.429. The summed E-state index contributed by atoms with van der Waals surface area (Å²) in [7, 11) is 0. The largest absolute Gasteiger partial charge is 0.351 e. The van der Waals surface area contributed by atoms with Crippen LogP contribution < -0.4 is 5.32 Å². The summed E-state index contributed by atoms with van der Waals surface area (Å²) < 4.78 is 0. The second-order valence-electron chi connectivity index (χ2n) is 10.6. The Labute approximate surface area is 140 Å². The van der Waals surface area contributed by atoms with Gasteiger partial charge in [-0.05, 0) is 87.1 Å². The van der Waals surface area contributed by atoms with Crippen LogP contribution in [0.15, 0.2) is 0 Å². The van der Waals surface area contributed by atoms with Crippen molar-refractivity contribution >= 4 is 5.91 Å². The molecule has 7 aliphatic rings. The van der Waals surface area contributed by atoms with E-state index < -0.39 is 0 Å². The van der Waals surface area contributed by atoms with E-state index in [0.29, 0.717) is 22.8 Å². The highest BCUT2D eigenvalue weighted by Crippen LogP contribution is 2.69. The number of carbonyl (C=O) groups excluding carboxylic acids is 1. The fourth-order valence-electron chi connectivity index (χ4n) is 8.15. The van der Waals surface area contributed by atoms with E-state index in [0.717, 1.165) is 31.2 Å². The quantitative estimate of drug-likeness (QED) is 0.848. The molecule has 3 aliphatic heterocycles. The highest BCUT2D eigenvalue weighted by molar-refractivity contribution is 5.83. The zero-order chi connectivity index (χ0) is 15.9. The van der Waals surface area contributed by atoms with Gasteiger partial charge in [-0.3, -0.25) is 4.79 Å². The average molecular weight is 316 g/mol. The zero-order valence-electron chi connectivity index (χ0n) is 14.9. The molecule has 5 atom stereocenters. The summed E-state index contributed by atoms with van der Waals surface area (Å²) in [6.07, 6.45) is 10.1. The van der Waals surface area contributed by atoms with E-state index in [4.69, 9.17) is 0 Å². The minimum atomic E-state index is -0.0328. The zero-order valence-corrected chi connectivity index (χ0v) is 14.9. The molecule has 0 aromatic rings. The van der Waals surface area contributed by atoms with Gasteiger partial charge in [-0.25, -0.2) is 0 Å². The molecule has 3 heteroatoms. The van der Waals surface area contributed by atoms with Crippen LogP contribution in [0.25, 0.3) is 0 Å². The lowest BCUT2D eigenvalue weighted by molar-refractivity contribution is -0.171. The van der Waals surface area contributed by atoms with Crippen LogP contribution in [0, 0.1) is 28.1 Å². The van der Waals surface area contributed by atoms with Crippen molar-refractivity contribution in [3.8, 4) is 0 Å². The molecule has 1 N–H and O–H groups in total. The van der Waals surface area contributed by atoms with Gasteiger partial charge in [0.25, 0.3) is 0 Å². The van der Waals surface area contributed by atoms with Gasteiger partial charge in [-0.1, -0.05) is 13.8 Å². The minimum Gasteiger partial charge on any atom is -0.351 e. The van der Waals surface area contributed by atoms with E-state index in [9.17, 15) is 4.79 Å². The predicted molar refractivity (Wildman–Crippen MR) is 90.9 cm³/mol. The van der Waals surface area contributed by atoms with Gasteiger partial charge in [-0.2, -0.15) is 0 Å². The van der Waals surface area contributed by atoms with Crippen LogP contribution in [-0.4, -0.2) is 36.5 Å². The van der Waals surface area contributed by atoms with E-state index >= 15 is 0 Å². The van der Waals surface area contributed by atoms with Crippen molar-refractivity contribution in [2.75, 3.05) is 19.6 Å². The van der Waals surface area contributed by atoms with Crippen LogP contribution in [-0.2, 0) is 4.79 Å². The minimum absolute atomic E-state index is 0.0328. The normalized spacial score (nSPS) is 56.8. The SMILES string of the molecule is C[C@]12CC3CC(C(=O)N[C@@H]4CN5CCC4CC5)(C1)C[C@@](C)(C3)C2. The Bertz CT molecular complexity index is 518. The van der Waals surface area contributed by atoms with Crippen molar-refractivity contribution in [2.24, 2.45) is 28.1 Å². The first-order chi connectivity index (χ1) is 10.9. The van der Waals surface area contributed by atoms with Crippen LogP contribution in [0.4, 0.5) is 0 Å². The van der Waals surface area contributed by atoms with Crippen molar-refractivity contribution < 1.29 is 4.79 Å². The maximum absolute atomic E-state index is 13.4. The third-order valence-corrected chi connectivity index (χ3v) is 8.08. The third-order valence-electron chi connectivity index (χ3n) is 8.08. The number of hydrogen-bond acceptors (Lipinski definition) is 2. The summed E-state index contributed by atoms with van der Waals surface area (Å²) in [5.74, 6) is 1.97. The van der Waals surface area contributed by atoms with Gasteiger partial charge in [-0.15, -0.1) is 0 Å². The Balaban J connectivity index is 1.37. The first-order valence-corrected chi connectivity index (χ1v) is 9.91. The number of nitrogens with zero attached hydrogens (tertiary/aromatic N) is 1. The monoisotopic (exact) mass is 316 g/mol. The number of fused-ring (bicyclic) bond motifs is 3. The summed E-state index contributed by atoms with van der Waals surface area (Å²) in [5.41, 5.74) is 0.829. The molecule has 6 bridgehead atoms. The molecule has 7 rings (SSSR count).